The molecule has 0 saturated carbocycles. The Morgan fingerprint density at radius 1 is 1.17 bits per heavy atom. The van der Waals surface area contributed by atoms with Crippen LogP contribution in [-0.2, 0) is 11.2 Å². The van der Waals surface area contributed by atoms with Crippen LogP contribution >= 0.6 is 11.3 Å². The first-order valence-electron chi connectivity index (χ1n) is 9.25. The normalized spacial score (nSPS) is 13.1. The van der Waals surface area contributed by atoms with E-state index in [1.807, 2.05) is 6.07 Å². The quantitative estimate of drug-likeness (QED) is 0.591. The lowest BCUT2D eigenvalue weighted by Gasteiger charge is -2.30. The first-order valence-corrected chi connectivity index (χ1v) is 10.1. The van der Waals surface area contributed by atoms with Gasteiger partial charge in [0, 0.05) is 17.8 Å². The van der Waals surface area contributed by atoms with E-state index >= 15 is 0 Å². The molecule has 0 radical (unpaired) electrons. The molecule has 0 saturated heterocycles. The van der Waals surface area contributed by atoms with E-state index in [1.165, 1.54) is 30.6 Å². The van der Waals surface area contributed by atoms with Crippen molar-refractivity contribution in [2.45, 2.75) is 19.8 Å². The molecule has 29 heavy (non-hydrogen) atoms. The highest BCUT2D eigenvalue weighted by Gasteiger charge is 2.29. The zero-order valence-corrected chi connectivity index (χ0v) is 16.9. The van der Waals surface area contributed by atoms with Gasteiger partial charge in [-0.15, -0.1) is 11.3 Å². The molecule has 5 nitrogen and oxygen atoms in total. The number of rotatable bonds is 3. The molecule has 0 unspecified atom stereocenters. The Balaban J connectivity index is 1.70. The zero-order valence-electron chi connectivity index (χ0n) is 16.1. The third-order valence-electron chi connectivity index (χ3n) is 4.98. The number of anilines is 1. The van der Waals surface area contributed by atoms with Gasteiger partial charge < -0.3 is 9.64 Å². The monoisotopic (exact) mass is 410 g/mol. The first kappa shape index (κ1) is 19.3. The van der Waals surface area contributed by atoms with Gasteiger partial charge in [0.2, 0.25) is 0 Å². The van der Waals surface area contributed by atoms with Gasteiger partial charge >= 0.3 is 5.97 Å². The highest BCUT2D eigenvalue weighted by atomic mass is 32.1. The number of thiazole rings is 1. The number of ether oxygens (including phenoxy) is 1. The van der Waals surface area contributed by atoms with E-state index in [0.29, 0.717) is 34.1 Å². The molecule has 2 heterocycles. The molecule has 2 aromatic carbocycles. The summed E-state index contributed by atoms with van der Waals surface area (Å²) in [5.41, 5.74) is 3.47. The maximum absolute atomic E-state index is 13.4. The number of nitrogens with zero attached hydrogens (tertiary/aromatic N) is 2. The average molecular weight is 410 g/mol. The molecule has 1 aliphatic heterocycles. The molecule has 0 aliphatic carbocycles. The molecule has 148 valence electrons. The van der Waals surface area contributed by atoms with Gasteiger partial charge in [0.1, 0.15) is 15.7 Å². The Kier molecular flexibility index (Phi) is 5.15. The van der Waals surface area contributed by atoms with E-state index in [0.717, 1.165) is 23.2 Å². The summed E-state index contributed by atoms with van der Waals surface area (Å²) in [7, 11) is 1.35. The number of methoxy groups -OCH3 is 1. The van der Waals surface area contributed by atoms with Crippen molar-refractivity contribution in [1.82, 2.24) is 4.98 Å². The Morgan fingerprint density at radius 2 is 1.93 bits per heavy atom. The number of halogens is 1. The van der Waals surface area contributed by atoms with Crippen LogP contribution in [0.15, 0.2) is 42.5 Å². The molecule has 0 bridgehead atoms. The van der Waals surface area contributed by atoms with E-state index in [9.17, 15) is 14.0 Å². The minimum atomic E-state index is -0.399. The summed E-state index contributed by atoms with van der Waals surface area (Å²) in [5, 5.41) is 0.673. The molecule has 1 aliphatic rings. The van der Waals surface area contributed by atoms with Gasteiger partial charge in [0.25, 0.3) is 5.91 Å². The van der Waals surface area contributed by atoms with Crippen LogP contribution in [0.1, 0.15) is 37.7 Å². The number of hydrogen-bond donors (Lipinski definition) is 0. The molecular formula is C22H19FN2O3S. The predicted octanol–water partition coefficient (Wildman–Crippen LogP) is 4.64. The summed E-state index contributed by atoms with van der Waals surface area (Å²) in [4.78, 5) is 32.2. The minimum Gasteiger partial charge on any atom is -0.465 e. The fourth-order valence-corrected chi connectivity index (χ4v) is 4.59. The van der Waals surface area contributed by atoms with Gasteiger partial charge in [-0.1, -0.05) is 6.07 Å². The lowest BCUT2D eigenvalue weighted by atomic mass is 9.96. The number of benzene rings is 2. The number of hydrogen-bond acceptors (Lipinski definition) is 5. The van der Waals surface area contributed by atoms with E-state index in [4.69, 9.17) is 4.74 Å². The summed E-state index contributed by atoms with van der Waals surface area (Å²) < 4.78 is 18.1. The predicted molar refractivity (Wildman–Crippen MR) is 110 cm³/mol. The molecule has 7 heteroatoms. The summed E-state index contributed by atoms with van der Waals surface area (Å²) in [5.74, 6) is -0.857. The Labute approximate surface area is 171 Å². The van der Waals surface area contributed by atoms with Crippen LogP contribution in [0, 0.1) is 12.7 Å². The van der Waals surface area contributed by atoms with Crippen LogP contribution < -0.4 is 4.90 Å². The topological polar surface area (TPSA) is 59.5 Å². The highest BCUT2D eigenvalue weighted by Crippen LogP contribution is 2.34. The SMILES string of the molecule is COC(=O)c1cccc2c1CCCN2C(=O)c1sc(-c2ccc(F)cc2)nc1C. The second-order valence-electron chi connectivity index (χ2n) is 6.80. The smallest absolute Gasteiger partial charge is 0.338 e. The van der Waals surface area contributed by atoms with Gasteiger partial charge in [0.05, 0.1) is 18.4 Å². The van der Waals surface area contributed by atoms with E-state index in [2.05, 4.69) is 4.98 Å². The van der Waals surface area contributed by atoms with Crippen LogP contribution in [0.3, 0.4) is 0 Å². The van der Waals surface area contributed by atoms with Crippen LogP contribution in [0.2, 0.25) is 0 Å². The zero-order chi connectivity index (χ0) is 20.5. The van der Waals surface area contributed by atoms with Crippen LogP contribution in [0.25, 0.3) is 10.6 Å². The Bertz CT molecular complexity index is 1090. The number of fused-ring (bicyclic) bond motifs is 1. The van der Waals surface area contributed by atoms with E-state index in [-0.39, 0.29) is 11.7 Å². The van der Waals surface area contributed by atoms with Crippen LogP contribution in [0.4, 0.5) is 10.1 Å². The molecule has 0 fully saturated rings. The maximum atomic E-state index is 13.4. The summed E-state index contributed by atoms with van der Waals surface area (Å²) in [6.07, 6.45) is 1.47. The van der Waals surface area contributed by atoms with Crippen molar-refractivity contribution in [1.29, 1.82) is 0 Å². The van der Waals surface area contributed by atoms with Crippen molar-refractivity contribution in [2.24, 2.45) is 0 Å². The molecule has 1 amide bonds. The third kappa shape index (κ3) is 3.53. The first-order chi connectivity index (χ1) is 14.0. The minimum absolute atomic E-state index is 0.142. The molecular weight excluding hydrogens is 391 g/mol. The van der Waals surface area contributed by atoms with Crippen molar-refractivity contribution in [3.05, 3.63) is 70.0 Å². The standard InChI is InChI=1S/C22H19FN2O3S/c1-13-19(29-20(24-13)14-8-10-15(23)11-9-14)21(26)25-12-4-6-16-17(22(27)28-2)5-3-7-18(16)25/h3,5,7-11H,4,6,12H2,1-2H3. The Hall–Kier alpha value is -3.06. The number of amides is 1. The fraction of sp³-hybridized carbons (Fsp3) is 0.227. The summed E-state index contributed by atoms with van der Waals surface area (Å²) >= 11 is 1.29. The van der Waals surface area contributed by atoms with Gasteiger partial charge in [0.15, 0.2) is 0 Å². The average Bonchev–Trinajstić information content (AvgIpc) is 3.13. The lowest BCUT2D eigenvalue weighted by molar-refractivity contribution is 0.0599. The second kappa shape index (κ2) is 7.75. The Morgan fingerprint density at radius 3 is 2.66 bits per heavy atom. The van der Waals surface area contributed by atoms with E-state index < -0.39 is 5.97 Å². The van der Waals surface area contributed by atoms with Crippen molar-refractivity contribution < 1.29 is 18.7 Å². The second-order valence-corrected chi connectivity index (χ2v) is 7.79. The van der Waals surface area contributed by atoms with Crippen LogP contribution in [0.5, 0.6) is 0 Å². The van der Waals surface area contributed by atoms with Crippen molar-refractivity contribution in [3.8, 4) is 10.6 Å². The number of carbonyl (C=O) groups is 2. The lowest BCUT2D eigenvalue weighted by Crippen LogP contribution is -2.36. The van der Waals surface area contributed by atoms with Crippen molar-refractivity contribution >= 4 is 28.9 Å². The molecule has 0 N–H and O–H groups in total. The van der Waals surface area contributed by atoms with Gasteiger partial charge in [-0.3, -0.25) is 4.79 Å². The van der Waals surface area contributed by atoms with Crippen molar-refractivity contribution in [2.75, 3.05) is 18.6 Å². The largest absolute Gasteiger partial charge is 0.465 e. The van der Waals surface area contributed by atoms with Gasteiger partial charge in [-0.05, 0) is 61.7 Å². The van der Waals surface area contributed by atoms with Gasteiger partial charge in [-0.25, -0.2) is 14.2 Å². The molecule has 4 rings (SSSR count). The van der Waals surface area contributed by atoms with Crippen molar-refractivity contribution in [3.63, 3.8) is 0 Å². The highest BCUT2D eigenvalue weighted by molar-refractivity contribution is 7.17. The third-order valence-corrected chi connectivity index (χ3v) is 6.18. The molecule has 3 aromatic rings. The van der Waals surface area contributed by atoms with Gasteiger partial charge in [-0.2, -0.15) is 0 Å². The van der Waals surface area contributed by atoms with Crippen LogP contribution in [-0.4, -0.2) is 30.5 Å². The molecule has 0 atom stereocenters. The number of aromatic nitrogens is 1. The maximum Gasteiger partial charge on any atom is 0.338 e. The summed E-state index contributed by atoms with van der Waals surface area (Å²) in [6.45, 7) is 2.37. The fourth-order valence-electron chi connectivity index (χ4n) is 3.57. The van der Waals surface area contributed by atoms with E-state index in [1.54, 1.807) is 36.1 Å². The number of esters is 1. The molecule has 0 spiro atoms. The molecule has 1 aromatic heterocycles. The summed E-state index contributed by atoms with van der Waals surface area (Å²) in [6, 6.07) is 11.4. The number of aryl methyl sites for hydroxylation is 1. The number of carbonyl (C=O) groups excluding carboxylic acids is 2.